The normalized spacial score (nSPS) is 18.8. The zero-order valence-electron chi connectivity index (χ0n) is 12.5. The van der Waals surface area contributed by atoms with Crippen molar-refractivity contribution < 1.29 is 4.79 Å². The van der Waals surface area contributed by atoms with E-state index in [0.717, 1.165) is 19.4 Å². The van der Waals surface area contributed by atoms with Gasteiger partial charge < -0.3 is 10.6 Å². The van der Waals surface area contributed by atoms with Gasteiger partial charge in [-0.15, -0.1) is 0 Å². The summed E-state index contributed by atoms with van der Waals surface area (Å²) < 4.78 is 0. The summed E-state index contributed by atoms with van der Waals surface area (Å²) in [6.45, 7) is 3.91. The van der Waals surface area contributed by atoms with Crippen LogP contribution in [0.2, 0.25) is 0 Å². The molecule has 3 heteroatoms. The lowest BCUT2D eigenvalue weighted by Gasteiger charge is -2.23. The number of hydrogen-bond acceptors (Lipinski definition) is 2. The number of rotatable bonds is 6. The zero-order valence-corrected chi connectivity index (χ0v) is 12.5. The molecular weight excluding hydrogens is 248 g/mol. The Kier molecular flexibility index (Phi) is 6.06. The van der Waals surface area contributed by atoms with E-state index in [1.807, 2.05) is 6.07 Å². The number of nitrogens with one attached hydrogen (secondary N) is 2. The lowest BCUT2D eigenvalue weighted by atomic mass is 10.0. The van der Waals surface area contributed by atoms with Gasteiger partial charge in [-0.25, -0.2) is 0 Å². The third-order valence-electron chi connectivity index (χ3n) is 4.11. The molecule has 0 bridgehead atoms. The summed E-state index contributed by atoms with van der Waals surface area (Å²) in [5, 5.41) is 6.53. The van der Waals surface area contributed by atoms with Crippen LogP contribution in [0.3, 0.4) is 0 Å². The molecule has 1 unspecified atom stereocenters. The molecule has 1 heterocycles. The van der Waals surface area contributed by atoms with Crippen molar-refractivity contribution in [2.24, 2.45) is 0 Å². The van der Waals surface area contributed by atoms with E-state index in [-0.39, 0.29) is 5.91 Å². The number of amides is 1. The smallest absolute Gasteiger partial charge is 0.220 e. The van der Waals surface area contributed by atoms with Crippen LogP contribution in [-0.2, 0) is 17.8 Å². The topological polar surface area (TPSA) is 41.1 Å². The molecule has 0 saturated carbocycles. The molecule has 0 spiro atoms. The SMILES string of the molecule is CCc1ccccc1CNC(=O)CCC1CCCCN1. The molecule has 20 heavy (non-hydrogen) atoms. The van der Waals surface area contributed by atoms with Gasteiger partial charge in [-0.05, 0) is 43.4 Å². The van der Waals surface area contributed by atoms with Gasteiger partial charge in [0.1, 0.15) is 0 Å². The van der Waals surface area contributed by atoms with E-state index in [1.165, 1.54) is 30.4 Å². The molecule has 1 atom stereocenters. The van der Waals surface area contributed by atoms with E-state index in [0.29, 0.717) is 19.0 Å². The van der Waals surface area contributed by atoms with Gasteiger partial charge in [0.25, 0.3) is 0 Å². The van der Waals surface area contributed by atoms with E-state index in [9.17, 15) is 4.79 Å². The second kappa shape index (κ2) is 8.05. The van der Waals surface area contributed by atoms with E-state index in [4.69, 9.17) is 0 Å². The van der Waals surface area contributed by atoms with Crippen LogP contribution in [0, 0.1) is 0 Å². The van der Waals surface area contributed by atoms with Crippen molar-refractivity contribution in [2.45, 2.75) is 58.0 Å². The summed E-state index contributed by atoms with van der Waals surface area (Å²) in [5.74, 6) is 0.170. The van der Waals surface area contributed by atoms with Gasteiger partial charge in [-0.3, -0.25) is 4.79 Å². The maximum atomic E-state index is 11.9. The molecule has 0 aromatic heterocycles. The molecule has 3 nitrogen and oxygen atoms in total. The maximum absolute atomic E-state index is 11.9. The summed E-state index contributed by atoms with van der Waals surface area (Å²) in [4.78, 5) is 11.9. The van der Waals surface area contributed by atoms with Crippen LogP contribution in [0.1, 0.15) is 50.2 Å². The summed E-state index contributed by atoms with van der Waals surface area (Å²) in [7, 11) is 0. The highest BCUT2D eigenvalue weighted by Crippen LogP contribution is 2.12. The van der Waals surface area contributed by atoms with Crippen molar-refractivity contribution >= 4 is 5.91 Å². The van der Waals surface area contributed by atoms with Crippen molar-refractivity contribution in [1.29, 1.82) is 0 Å². The molecule has 1 amide bonds. The minimum absolute atomic E-state index is 0.170. The third-order valence-corrected chi connectivity index (χ3v) is 4.11. The first-order chi connectivity index (χ1) is 9.79. The quantitative estimate of drug-likeness (QED) is 0.837. The Balaban J connectivity index is 1.71. The van der Waals surface area contributed by atoms with Gasteiger partial charge in [0.15, 0.2) is 0 Å². The van der Waals surface area contributed by atoms with Crippen molar-refractivity contribution in [3.63, 3.8) is 0 Å². The summed E-state index contributed by atoms with van der Waals surface area (Å²) in [5.41, 5.74) is 2.56. The van der Waals surface area contributed by atoms with Gasteiger partial charge in [0.2, 0.25) is 5.91 Å². The number of aryl methyl sites for hydroxylation is 1. The number of carbonyl (C=O) groups is 1. The molecule has 1 fully saturated rings. The van der Waals surface area contributed by atoms with Crippen LogP contribution in [0.25, 0.3) is 0 Å². The van der Waals surface area contributed by atoms with Crippen LogP contribution in [0.4, 0.5) is 0 Å². The van der Waals surface area contributed by atoms with E-state index < -0.39 is 0 Å². The van der Waals surface area contributed by atoms with Crippen molar-refractivity contribution in [2.75, 3.05) is 6.54 Å². The fourth-order valence-corrected chi connectivity index (χ4v) is 2.83. The molecule has 2 N–H and O–H groups in total. The molecule has 1 saturated heterocycles. The molecule has 2 rings (SSSR count). The summed E-state index contributed by atoms with van der Waals surface area (Å²) >= 11 is 0. The highest BCUT2D eigenvalue weighted by molar-refractivity contribution is 5.75. The summed E-state index contributed by atoms with van der Waals surface area (Å²) in [6.07, 6.45) is 6.39. The molecule has 1 aromatic carbocycles. The van der Waals surface area contributed by atoms with Crippen LogP contribution in [-0.4, -0.2) is 18.5 Å². The van der Waals surface area contributed by atoms with E-state index in [2.05, 4.69) is 35.8 Å². The lowest BCUT2D eigenvalue weighted by molar-refractivity contribution is -0.121. The fourth-order valence-electron chi connectivity index (χ4n) is 2.83. The maximum Gasteiger partial charge on any atom is 0.220 e. The van der Waals surface area contributed by atoms with Crippen LogP contribution in [0.5, 0.6) is 0 Å². The van der Waals surface area contributed by atoms with Gasteiger partial charge in [-0.2, -0.15) is 0 Å². The Morgan fingerprint density at radius 1 is 1.30 bits per heavy atom. The first-order valence-electron chi connectivity index (χ1n) is 7.86. The van der Waals surface area contributed by atoms with Gasteiger partial charge in [0, 0.05) is 19.0 Å². The number of benzene rings is 1. The molecule has 110 valence electrons. The van der Waals surface area contributed by atoms with E-state index >= 15 is 0 Å². The van der Waals surface area contributed by atoms with Crippen LogP contribution >= 0.6 is 0 Å². The molecule has 0 radical (unpaired) electrons. The monoisotopic (exact) mass is 274 g/mol. The largest absolute Gasteiger partial charge is 0.352 e. The third kappa shape index (κ3) is 4.64. The Morgan fingerprint density at radius 2 is 2.10 bits per heavy atom. The Labute approximate surface area is 122 Å². The molecule has 1 aliphatic heterocycles. The standard InChI is InChI=1S/C17H26N2O/c1-2-14-7-3-4-8-15(14)13-19-17(20)11-10-16-9-5-6-12-18-16/h3-4,7-8,16,18H,2,5-6,9-13H2,1H3,(H,19,20). The molecule has 1 aromatic rings. The minimum Gasteiger partial charge on any atom is -0.352 e. The predicted molar refractivity (Wildman–Crippen MR) is 82.5 cm³/mol. The lowest BCUT2D eigenvalue weighted by Crippen LogP contribution is -2.35. The van der Waals surface area contributed by atoms with Crippen LogP contribution < -0.4 is 10.6 Å². The van der Waals surface area contributed by atoms with Gasteiger partial charge in [0.05, 0.1) is 0 Å². The first-order valence-corrected chi connectivity index (χ1v) is 7.86. The minimum atomic E-state index is 0.170. The Morgan fingerprint density at radius 3 is 2.80 bits per heavy atom. The fraction of sp³-hybridized carbons (Fsp3) is 0.588. The van der Waals surface area contributed by atoms with Crippen LogP contribution in [0.15, 0.2) is 24.3 Å². The highest BCUT2D eigenvalue weighted by atomic mass is 16.1. The van der Waals surface area contributed by atoms with Crippen molar-refractivity contribution in [1.82, 2.24) is 10.6 Å². The molecule has 0 aliphatic carbocycles. The zero-order chi connectivity index (χ0) is 14.2. The van der Waals surface area contributed by atoms with Gasteiger partial charge in [-0.1, -0.05) is 37.6 Å². The second-order valence-electron chi connectivity index (χ2n) is 5.58. The van der Waals surface area contributed by atoms with E-state index in [1.54, 1.807) is 0 Å². The average Bonchev–Trinajstić information content (AvgIpc) is 2.52. The predicted octanol–water partition coefficient (Wildman–Crippen LogP) is 2.79. The number of carbonyl (C=O) groups excluding carboxylic acids is 1. The molecule has 1 aliphatic rings. The average molecular weight is 274 g/mol. The first kappa shape index (κ1) is 15.0. The Hall–Kier alpha value is -1.35. The Bertz CT molecular complexity index is 425. The highest BCUT2D eigenvalue weighted by Gasteiger charge is 2.13. The molecular formula is C17H26N2O. The summed E-state index contributed by atoms with van der Waals surface area (Å²) in [6, 6.07) is 8.86. The second-order valence-corrected chi connectivity index (χ2v) is 5.58. The van der Waals surface area contributed by atoms with Crippen molar-refractivity contribution in [3.8, 4) is 0 Å². The number of piperidine rings is 1. The number of hydrogen-bond donors (Lipinski definition) is 2. The van der Waals surface area contributed by atoms with Gasteiger partial charge >= 0.3 is 0 Å². The van der Waals surface area contributed by atoms with Crippen molar-refractivity contribution in [3.05, 3.63) is 35.4 Å².